The fourth-order valence-corrected chi connectivity index (χ4v) is 1.19. The molecular formula is C9H8N2O3. The molecule has 1 fully saturated rings. The van der Waals surface area contributed by atoms with Crippen LogP contribution in [0.25, 0.3) is 0 Å². The lowest BCUT2D eigenvalue weighted by Crippen LogP contribution is -2.28. The molecule has 2 rings (SSSR count). The van der Waals surface area contributed by atoms with E-state index in [1.165, 1.54) is 0 Å². The summed E-state index contributed by atoms with van der Waals surface area (Å²) in [6.45, 7) is 0. The number of hydrogen-bond donors (Lipinski definition) is 1. The highest BCUT2D eigenvalue weighted by molar-refractivity contribution is 6.05. The summed E-state index contributed by atoms with van der Waals surface area (Å²) in [7, 11) is 0. The molecule has 0 radical (unpaired) electrons. The van der Waals surface area contributed by atoms with E-state index in [0.29, 0.717) is 5.88 Å². The van der Waals surface area contributed by atoms with E-state index in [4.69, 9.17) is 4.74 Å². The van der Waals surface area contributed by atoms with Crippen LogP contribution in [-0.2, 0) is 9.59 Å². The van der Waals surface area contributed by atoms with Gasteiger partial charge in [-0.1, -0.05) is 6.07 Å². The molecule has 0 aromatic carbocycles. The van der Waals surface area contributed by atoms with Crippen molar-refractivity contribution >= 4 is 11.8 Å². The molecular weight excluding hydrogens is 184 g/mol. The number of nitrogens with zero attached hydrogens (tertiary/aromatic N) is 1. The fourth-order valence-electron chi connectivity index (χ4n) is 1.19. The molecule has 1 saturated heterocycles. The molecule has 1 aromatic rings. The molecule has 0 spiro atoms. The largest absolute Gasteiger partial charge is 0.464 e. The van der Waals surface area contributed by atoms with Gasteiger partial charge in [-0.2, -0.15) is 0 Å². The molecule has 14 heavy (non-hydrogen) atoms. The van der Waals surface area contributed by atoms with Crippen LogP contribution in [0, 0.1) is 0 Å². The SMILES string of the molecule is O=C1CC(Oc2ccccn2)C(=O)N1. The summed E-state index contributed by atoms with van der Waals surface area (Å²) in [6.07, 6.45) is 0.886. The van der Waals surface area contributed by atoms with Gasteiger partial charge < -0.3 is 4.74 Å². The summed E-state index contributed by atoms with van der Waals surface area (Å²) in [6, 6.07) is 5.12. The Labute approximate surface area is 80.1 Å². The van der Waals surface area contributed by atoms with Crippen LogP contribution in [0.5, 0.6) is 5.88 Å². The average Bonchev–Trinajstić information content (AvgIpc) is 2.47. The second-order valence-corrected chi connectivity index (χ2v) is 2.89. The number of ether oxygens (including phenoxy) is 1. The lowest BCUT2D eigenvalue weighted by Gasteiger charge is -2.07. The Morgan fingerprint density at radius 2 is 2.29 bits per heavy atom. The predicted octanol–water partition coefficient (Wildman–Crippen LogP) is -0.124. The Kier molecular flexibility index (Phi) is 2.14. The number of amides is 2. The van der Waals surface area contributed by atoms with E-state index in [-0.39, 0.29) is 12.3 Å². The number of aromatic nitrogens is 1. The van der Waals surface area contributed by atoms with E-state index in [1.807, 2.05) is 0 Å². The number of nitrogens with one attached hydrogen (secondary N) is 1. The molecule has 2 amide bonds. The second kappa shape index (κ2) is 3.45. The Hall–Kier alpha value is -1.91. The van der Waals surface area contributed by atoms with Gasteiger partial charge in [-0.3, -0.25) is 14.9 Å². The molecule has 0 saturated carbocycles. The summed E-state index contributed by atoms with van der Waals surface area (Å²) in [5, 5.41) is 2.16. The van der Waals surface area contributed by atoms with E-state index in [9.17, 15) is 9.59 Å². The first-order valence-corrected chi connectivity index (χ1v) is 4.17. The third-order valence-electron chi connectivity index (χ3n) is 1.83. The Morgan fingerprint density at radius 1 is 1.43 bits per heavy atom. The molecule has 72 valence electrons. The van der Waals surface area contributed by atoms with Crippen molar-refractivity contribution in [2.24, 2.45) is 0 Å². The third-order valence-corrected chi connectivity index (χ3v) is 1.83. The summed E-state index contributed by atoms with van der Waals surface area (Å²) in [5.74, 6) is -0.362. The van der Waals surface area contributed by atoms with Crippen molar-refractivity contribution < 1.29 is 14.3 Å². The number of carbonyl (C=O) groups excluding carboxylic acids is 2. The van der Waals surface area contributed by atoms with Gasteiger partial charge in [-0.05, 0) is 6.07 Å². The van der Waals surface area contributed by atoms with Crippen molar-refractivity contribution in [3.8, 4) is 5.88 Å². The second-order valence-electron chi connectivity index (χ2n) is 2.89. The van der Waals surface area contributed by atoms with Crippen molar-refractivity contribution in [2.45, 2.75) is 12.5 Å². The van der Waals surface area contributed by atoms with E-state index in [0.717, 1.165) is 0 Å². The van der Waals surface area contributed by atoms with Gasteiger partial charge in [0.15, 0.2) is 6.10 Å². The molecule has 1 N–H and O–H groups in total. The molecule has 5 heteroatoms. The molecule has 1 atom stereocenters. The summed E-state index contributed by atoms with van der Waals surface area (Å²) < 4.78 is 5.21. The lowest BCUT2D eigenvalue weighted by atomic mass is 10.3. The van der Waals surface area contributed by atoms with Crippen LogP contribution >= 0.6 is 0 Å². The molecule has 0 bridgehead atoms. The Bertz CT molecular complexity index is 364. The maximum absolute atomic E-state index is 11.1. The van der Waals surface area contributed by atoms with Crippen molar-refractivity contribution in [3.05, 3.63) is 24.4 Å². The van der Waals surface area contributed by atoms with Crippen LogP contribution < -0.4 is 10.1 Å². The monoisotopic (exact) mass is 192 g/mol. The van der Waals surface area contributed by atoms with Crippen molar-refractivity contribution in [1.29, 1.82) is 0 Å². The fraction of sp³-hybridized carbons (Fsp3) is 0.222. The quantitative estimate of drug-likeness (QED) is 0.663. The van der Waals surface area contributed by atoms with Crippen LogP contribution in [0.1, 0.15) is 6.42 Å². The highest BCUT2D eigenvalue weighted by Gasteiger charge is 2.32. The van der Waals surface area contributed by atoms with E-state index >= 15 is 0 Å². The van der Waals surface area contributed by atoms with Gasteiger partial charge in [0.05, 0.1) is 6.42 Å². The predicted molar refractivity (Wildman–Crippen MR) is 46.4 cm³/mol. The molecule has 1 unspecified atom stereocenters. The molecule has 0 aliphatic carbocycles. The Morgan fingerprint density at radius 3 is 2.86 bits per heavy atom. The topological polar surface area (TPSA) is 68.3 Å². The number of hydrogen-bond acceptors (Lipinski definition) is 4. The Balaban J connectivity index is 2.05. The van der Waals surface area contributed by atoms with Gasteiger partial charge in [0.2, 0.25) is 11.8 Å². The van der Waals surface area contributed by atoms with Gasteiger partial charge in [0, 0.05) is 12.3 Å². The van der Waals surface area contributed by atoms with Gasteiger partial charge in [-0.25, -0.2) is 4.98 Å². The minimum Gasteiger partial charge on any atom is -0.464 e. The molecule has 1 aliphatic rings. The van der Waals surface area contributed by atoms with Gasteiger partial charge in [-0.15, -0.1) is 0 Å². The average molecular weight is 192 g/mol. The number of rotatable bonds is 2. The van der Waals surface area contributed by atoms with Crippen LogP contribution in [0.3, 0.4) is 0 Å². The zero-order chi connectivity index (χ0) is 9.97. The van der Waals surface area contributed by atoms with E-state index in [2.05, 4.69) is 10.3 Å². The molecule has 2 heterocycles. The van der Waals surface area contributed by atoms with Crippen LogP contribution in [0.15, 0.2) is 24.4 Å². The standard InChI is InChI=1S/C9H8N2O3/c12-7-5-6(9(13)11-7)14-8-3-1-2-4-10-8/h1-4,6H,5H2,(H,11,12,13). The van der Waals surface area contributed by atoms with Crippen LogP contribution in [-0.4, -0.2) is 22.9 Å². The summed E-state index contributed by atoms with van der Waals surface area (Å²) in [4.78, 5) is 25.8. The lowest BCUT2D eigenvalue weighted by molar-refractivity contribution is -0.127. The zero-order valence-electron chi connectivity index (χ0n) is 7.27. The van der Waals surface area contributed by atoms with Crippen LogP contribution in [0.2, 0.25) is 0 Å². The molecule has 1 aliphatic heterocycles. The minimum atomic E-state index is -0.739. The minimum absolute atomic E-state index is 0.0649. The number of carbonyl (C=O) groups is 2. The van der Waals surface area contributed by atoms with Crippen LogP contribution in [0.4, 0.5) is 0 Å². The maximum Gasteiger partial charge on any atom is 0.268 e. The molecule has 5 nitrogen and oxygen atoms in total. The molecule has 1 aromatic heterocycles. The maximum atomic E-state index is 11.1. The number of imide groups is 1. The van der Waals surface area contributed by atoms with Gasteiger partial charge >= 0.3 is 0 Å². The van der Waals surface area contributed by atoms with E-state index in [1.54, 1.807) is 24.4 Å². The van der Waals surface area contributed by atoms with Gasteiger partial charge in [0.25, 0.3) is 5.91 Å². The van der Waals surface area contributed by atoms with Gasteiger partial charge in [0.1, 0.15) is 0 Å². The van der Waals surface area contributed by atoms with Crippen molar-refractivity contribution in [1.82, 2.24) is 10.3 Å². The third kappa shape index (κ3) is 1.71. The van der Waals surface area contributed by atoms with Crippen molar-refractivity contribution in [3.63, 3.8) is 0 Å². The van der Waals surface area contributed by atoms with E-state index < -0.39 is 12.0 Å². The van der Waals surface area contributed by atoms with Crippen molar-refractivity contribution in [2.75, 3.05) is 0 Å². The zero-order valence-corrected chi connectivity index (χ0v) is 7.27. The first-order chi connectivity index (χ1) is 6.75. The highest BCUT2D eigenvalue weighted by Crippen LogP contribution is 2.11. The normalized spacial score (nSPS) is 20.7. The number of pyridine rings is 1. The summed E-state index contributed by atoms with van der Waals surface area (Å²) in [5.41, 5.74) is 0. The highest BCUT2D eigenvalue weighted by atomic mass is 16.5. The first kappa shape index (κ1) is 8.68. The smallest absolute Gasteiger partial charge is 0.268 e. The first-order valence-electron chi connectivity index (χ1n) is 4.17. The summed E-state index contributed by atoms with van der Waals surface area (Å²) >= 11 is 0.